The first-order chi connectivity index (χ1) is 14.6. The fourth-order valence-corrected chi connectivity index (χ4v) is 4.49. The Balaban J connectivity index is 1.52. The van der Waals surface area contributed by atoms with E-state index in [-0.39, 0.29) is 0 Å². The van der Waals surface area contributed by atoms with Crippen molar-refractivity contribution in [1.82, 2.24) is 15.3 Å². The molecule has 2 fully saturated rings. The summed E-state index contributed by atoms with van der Waals surface area (Å²) < 4.78 is 5.36. The van der Waals surface area contributed by atoms with Crippen molar-refractivity contribution in [3.05, 3.63) is 30.2 Å². The maximum atomic E-state index is 5.47. The lowest BCUT2D eigenvalue weighted by atomic mass is 10.00. The molecule has 2 N–H and O–H groups in total. The summed E-state index contributed by atoms with van der Waals surface area (Å²) in [4.78, 5) is 14.4. The molecule has 2 aliphatic rings. The van der Waals surface area contributed by atoms with Crippen LogP contribution in [0.3, 0.4) is 0 Å². The molecule has 162 valence electrons. The molecule has 0 bridgehead atoms. The van der Waals surface area contributed by atoms with Crippen LogP contribution in [-0.4, -0.2) is 41.3 Å². The van der Waals surface area contributed by atoms with Gasteiger partial charge in [0.2, 0.25) is 5.95 Å². The fourth-order valence-electron chi connectivity index (χ4n) is 4.32. The van der Waals surface area contributed by atoms with Gasteiger partial charge in [0.05, 0.1) is 12.8 Å². The van der Waals surface area contributed by atoms with E-state index < -0.39 is 0 Å². The predicted octanol–water partition coefficient (Wildman–Crippen LogP) is 4.03. The van der Waals surface area contributed by atoms with Gasteiger partial charge in [-0.1, -0.05) is 13.8 Å². The first-order valence-electron chi connectivity index (χ1n) is 11.0. The van der Waals surface area contributed by atoms with Crippen molar-refractivity contribution >= 4 is 34.9 Å². The van der Waals surface area contributed by atoms with Crippen LogP contribution < -0.4 is 20.4 Å². The molecule has 0 unspecified atom stereocenters. The minimum atomic E-state index is 0.494. The molecular weight excluding hydrogens is 396 g/mol. The van der Waals surface area contributed by atoms with Crippen LogP contribution in [0.4, 0.5) is 17.6 Å². The summed E-state index contributed by atoms with van der Waals surface area (Å²) in [5, 5.41) is 6.85. The van der Waals surface area contributed by atoms with Gasteiger partial charge in [0.15, 0.2) is 5.11 Å². The van der Waals surface area contributed by atoms with E-state index in [1.165, 1.54) is 25.7 Å². The highest BCUT2D eigenvalue weighted by Crippen LogP contribution is 2.28. The standard InChI is InChI=1S/C22H32N6OS/c1-16-6-3-9-27(14-16)19-12-20(28-10-4-7-17(2)15-28)25-21(24-19)26-22(30)23-13-18-8-5-11-29-18/h5,8,11-12,16-17H,3-4,6-7,9-10,13-15H2,1-2H3,(H2,23,24,25,26,30)/t16-,17+. The predicted molar refractivity (Wildman–Crippen MR) is 125 cm³/mol. The van der Waals surface area contributed by atoms with Crippen molar-refractivity contribution in [3.8, 4) is 0 Å². The molecule has 0 aromatic carbocycles. The summed E-state index contributed by atoms with van der Waals surface area (Å²) in [7, 11) is 0. The number of aromatic nitrogens is 2. The number of nitrogens with zero attached hydrogens (tertiary/aromatic N) is 4. The first kappa shape index (κ1) is 20.9. The molecule has 7 nitrogen and oxygen atoms in total. The van der Waals surface area contributed by atoms with E-state index in [2.05, 4.69) is 40.3 Å². The van der Waals surface area contributed by atoms with Gasteiger partial charge in [0.1, 0.15) is 17.4 Å². The minimum absolute atomic E-state index is 0.494. The summed E-state index contributed by atoms with van der Waals surface area (Å²) in [5.41, 5.74) is 0. The third-order valence-electron chi connectivity index (χ3n) is 5.89. The van der Waals surface area contributed by atoms with Gasteiger partial charge < -0.3 is 24.9 Å². The average Bonchev–Trinajstić information content (AvgIpc) is 3.26. The van der Waals surface area contributed by atoms with Gasteiger partial charge in [-0.15, -0.1) is 0 Å². The lowest BCUT2D eigenvalue weighted by Gasteiger charge is -2.35. The number of rotatable bonds is 5. The molecule has 0 amide bonds. The Morgan fingerprint density at radius 2 is 1.73 bits per heavy atom. The molecule has 4 rings (SSSR count). The molecular formula is C22H32N6OS. The quantitative estimate of drug-likeness (QED) is 0.692. The van der Waals surface area contributed by atoms with Crippen molar-refractivity contribution in [2.24, 2.45) is 11.8 Å². The van der Waals surface area contributed by atoms with Crippen molar-refractivity contribution in [2.45, 2.75) is 46.1 Å². The first-order valence-corrected chi connectivity index (χ1v) is 11.4. The SMILES string of the molecule is C[C@@H]1CCCN(c2cc(N3CCC[C@H](C)C3)nc(NC(=S)NCc3ccco3)n2)C1. The number of thiocarbonyl (C=S) groups is 1. The Bertz CT molecular complexity index is 802. The van der Waals surface area contributed by atoms with E-state index in [1.807, 2.05) is 12.1 Å². The molecule has 0 saturated carbocycles. The topological polar surface area (TPSA) is 69.5 Å². The number of nitrogens with one attached hydrogen (secondary N) is 2. The highest BCUT2D eigenvalue weighted by atomic mass is 32.1. The summed E-state index contributed by atoms with van der Waals surface area (Å²) in [5.74, 6) is 4.72. The Labute approximate surface area is 184 Å². The number of piperidine rings is 2. The molecule has 2 saturated heterocycles. The van der Waals surface area contributed by atoms with Gasteiger partial charge >= 0.3 is 0 Å². The highest BCUT2D eigenvalue weighted by Gasteiger charge is 2.23. The van der Waals surface area contributed by atoms with E-state index >= 15 is 0 Å². The molecule has 0 aliphatic carbocycles. The zero-order valence-electron chi connectivity index (χ0n) is 17.9. The van der Waals surface area contributed by atoms with Crippen LogP contribution in [0, 0.1) is 11.8 Å². The maximum Gasteiger partial charge on any atom is 0.232 e. The maximum absolute atomic E-state index is 5.47. The van der Waals surface area contributed by atoms with Crippen LogP contribution in [0.5, 0.6) is 0 Å². The monoisotopic (exact) mass is 428 g/mol. The highest BCUT2D eigenvalue weighted by molar-refractivity contribution is 7.80. The largest absolute Gasteiger partial charge is 0.467 e. The van der Waals surface area contributed by atoms with Crippen LogP contribution in [-0.2, 0) is 6.54 Å². The van der Waals surface area contributed by atoms with Crippen LogP contribution >= 0.6 is 12.2 Å². The third kappa shape index (κ3) is 5.41. The van der Waals surface area contributed by atoms with Gasteiger partial charge in [-0.3, -0.25) is 0 Å². The summed E-state index contributed by atoms with van der Waals surface area (Å²) >= 11 is 5.47. The lowest BCUT2D eigenvalue weighted by molar-refractivity contribution is 0.441. The van der Waals surface area contributed by atoms with E-state index in [4.69, 9.17) is 26.6 Å². The van der Waals surface area contributed by atoms with Gasteiger partial charge in [-0.2, -0.15) is 9.97 Å². The Morgan fingerprint density at radius 1 is 1.10 bits per heavy atom. The third-order valence-corrected chi connectivity index (χ3v) is 6.14. The van der Waals surface area contributed by atoms with Crippen molar-refractivity contribution in [3.63, 3.8) is 0 Å². The van der Waals surface area contributed by atoms with Gasteiger partial charge in [-0.05, 0) is 61.9 Å². The molecule has 30 heavy (non-hydrogen) atoms. The molecule has 4 heterocycles. The molecule has 0 radical (unpaired) electrons. The Morgan fingerprint density at radius 3 is 2.27 bits per heavy atom. The van der Waals surface area contributed by atoms with E-state index in [0.717, 1.165) is 43.6 Å². The van der Waals surface area contributed by atoms with Crippen LogP contribution in [0.1, 0.15) is 45.3 Å². The number of hydrogen-bond donors (Lipinski definition) is 2. The molecule has 2 aromatic heterocycles. The second kappa shape index (κ2) is 9.64. The normalized spacial score (nSPS) is 22.1. The van der Waals surface area contributed by atoms with Crippen molar-refractivity contribution < 1.29 is 4.42 Å². The fraction of sp³-hybridized carbons (Fsp3) is 0.591. The molecule has 0 spiro atoms. The van der Waals surface area contributed by atoms with E-state index in [1.54, 1.807) is 6.26 Å². The smallest absolute Gasteiger partial charge is 0.232 e. The number of hydrogen-bond acceptors (Lipinski definition) is 6. The zero-order valence-corrected chi connectivity index (χ0v) is 18.7. The number of furan rings is 1. The summed E-state index contributed by atoms with van der Waals surface area (Å²) in [6.07, 6.45) is 6.62. The van der Waals surface area contributed by atoms with Crippen LogP contribution in [0.15, 0.2) is 28.9 Å². The minimum Gasteiger partial charge on any atom is -0.467 e. The molecule has 2 aliphatic heterocycles. The second-order valence-electron chi connectivity index (χ2n) is 8.68. The van der Waals surface area contributed by atoms with Gasteiger partial charge in [-0.25, -0.2) is 0 Å². The zero-order chi connectivity index (χ0) is 20.9. The molecule has 2 aromatic rings. The molecule has 8 heteroatoms. The summed E-state index contributed by atoms with van der Waals surface area (Å²) in [6.45, 7) is 9.30. The van der Waals surface area contributed by atoms with Gasteiger partial charge in [0.25, 0.3) is 0 Å². The molecule has 2 atom stereocenters. The van der Waals surface area contributed by atoms with Crippen LogP contribution in [0.25, 0.3) is 0 Å². The second-order valence-corrected chi connectivity index (χ2v) is 9.09. The number of anilines is 3. The van der Waals surface area contributed by atoms with Crippen LogP contribution in [0.2, 0.25) is 0 Å². The summed E-state index contributed by atoms with van der Waals surface area (Å²) in [6, 6.07) is 5.94. The Hall–Kier alpha value is -2.35. The lowest BCUT2D eigenvalue weighted by Crippen LogP contribution is -2.37. The Kier molecular flexibility index (Phi) is 6.72. The van der Waals surface area contributed by atoms with Gasteiger partial charge in [0, 0.05) is 32.2 Å². The van der Waals surface area contributed by atoms with E-state index in [9.17, 15) is 0 Å². The van der Waals surface area contributed by atoms with Crippen molar-refractivity contribution in [2.75, 3.05) is 41.3 Å². The average molecular weight is 429 g/mol. The van der Waals surface area contributed by atoms with E-state index in [0.29, 0.717) is 29.4 Å². The van der Waals surface area contributed by atoms with Crippen molar-refractivity contribution in [1.29, 1.82) is 0 Å².